The zero-order valence-corrected chi connectivity index (χ0v) is 8.29. The lowest BCUT2D eigenvalue weighted by Crippen LogP contribution is -2.43. The number of carboxylic acids is 1. The molecule has 0 spiro atoms. The Labute approximate surface area is 78.7 Å². The maximum atomic E-state index is 11.0. The third-order valence-corrected chi connectivity index (χ3v) is 2.68. The van der Waals surface area contributed by atoms with Crippen molar-refractivity contribution >= 4 is 5.97 Å². The van der Waals surface area contributed by atoms with Crippen LogP contribution >= 0.6 is 0 Å². The summed E-state index contributed by atoms with van der Waals surface area (Å²) in [6, 6.07) is 0. The molecular weight excluding hydrogens is 170 g/mol. The fraction of sp³-hybridized carbons (Fsp3) is 0.889. The highest BCUT2D eigenvalue weighted by Crippen LogP contribution is 2.31. The third-order valence-electron chi connectivity index (χ3n) is 2.68. The quantitative estimate of drug-likeness (QED) is 0.566. The Morgan fingerprint density at radius 2 is 2.08 bits per heavy atom. The summed E-state index contributed by atoms with van der Waals surface area (Å²) in [5.41, 5.74) is 4.62. The summed E-state index contributed by atoms with van der Waals surface area (Å²) in [5.74, 6) is -0.875. The minimum atomic E-state index is -0.872. The Balaban J connectivity index is 4.55. The van der Waals surface area contributed by atoms with E-state index in [4.69, 9.17) is 15.9 Å². The van der Waals surface area contributed by atoms with Gasteiger partial charge in [-0.3, -0.25) is 4.79 Å². The van der Waals surface area contributed by atoms with Gasteiger partial charge in [0.15, 0.2) is 0 Å². The van der Waals surface area contributed by atoms with Crippen LogP contribution in [0, 0.1) is 11.3 Å². The monoisotopic (exact) mass is 189 g/mol. The molecule has 0 aromatic heterocycles. The van der Waals surface area contributed by atoms with Crippen molar-refractivity contribution in [2.45, 2.75) is 26.7 Å². The van der Waals surface area contributed by atoms with Crippen molar-refractivity contribution in [1.29, 1.82) is 0 Å². The van der Waals surface area contributed by atoms with Crippen molar-refractivity contribution in [3.63, 3.8) is 0 Å². The van der Waals surface area contributed by atoms with Crippen LogP contribution in [0.3, 0.4) is 0 Å². The van der Waals surface area contributed by atoms with Crippen LogP contribution < -0.4 is 5.73 Å². The van der Waals surface area contributed by atoms with Crippen LogP contribution in [0.2, 0.25) is 0 Å². The molecule has 0 heterocycles. The first-order valence-corrected chi connectivity index (χ1v) is 4.55. The smallest absolute Gasteiger partial charge is 0.311 e. The molecule has 0 saturated heterocycles. The van der Waals surface area contributed by atoms with E-state index >= 15 is 0 Å². The molecule has 0 aromatic rings. The number of aliphatic carboxylic acids is 1. The van der Waals surface area contributed by atoms with Crippen LogP contribution in [0.25, 0.3) is 0 Å². The van der Waals surface area contributed by atoms with Gasteiger partial charge >= 0.3 is 5.97 Å². The Bertz CT molecular complexity index is 170. The van der Waals surface area contributed by atoms with Gasteiger partial charge in [0.1, 0.15) is 0 Å². The Kier molecular flexibility index (Phi) is 4.95. The Morgan fingerprint density at radius 3 is 2.31 bits per heavy atom. The molecule has 1 unspecified atom stereocenters. The van der Waals surface area contributed by atoms with Gasteiger partial charge in [-0.1, -0.05) is 13.8 Å². The maximum Gasteiger partial charge on any atom is 0.311 e. The Morgan fingerprint density at radius 1 is 1.54 bits per heavy atom. The SMILES string of the molecule is CC(C)C(CN)(CCCO)C(=O)O. The minimum absolute atomic E-state index is 0.0125. The summed E-state index contributed by atoms with van der Waals surface area (Å²) >= 11 is 0. The number of hydrogen-bond donors (Lipinski definition) is 3. The second-order valence-electron chi connectivity index (χ2n) is 3.65. The van der Waals surface area contributed by atoms with Gasteiger partial charge in [0.05, 0.1) is 5.41 Å². The lowest BCUT2D eigenvalue weighted by molar-refractivity contribution is -0.151. The van der Waals surface area contributed by atoms with E-state index in [1.165, 1.54) is 0 Å². The summed E-state index contributed by atoms with van der Waals surface area (Å²) in [6.07, 6.45) is 0.925. The number of carboxylic acid groups (broad SMARTS) is 1. The van der Waals surface area contributed by atoms with Crippen molar-refractivity contribution in [3.05, 3.63) is 0 Å². The van der Waals surface area contributed by atoms with E-state index < -0.39 is 11.4 Å². The first-order valence-electron chi connectivity index (χ1n) is 4.55. The van der Waals surface area contributed by atoms with E-state index in [1.54, 1.807) is 0 Å². The van der Waals surface area contributed by atoms with Crippen molar-refractivity contribution < 1.29 is 15.0 Å². The molecule has 0 radical (unpaired) electrons. The van der Waals surface area contributed by atoms with Gasteiger partial charge in [-0.15, -0.1) is 0 Å². The van der Waals surface area contributed by atoms with Crippen LogP contribution in [0.15, 0.2) is 0 Å². The molecule has 4 heteroatoms. The number of nitrogens with two attached hydrogens (primary N) is 1. The van der Waals surface area contributed by atoms with Crippen molar-refractivity contribution in [2.75, 3.05) is 13.2 Å². The summed E-state index contributed by atoms with van der Waals surface area (Å²) in [5, 5.41) is 17.7. The number of carbonyl (C=O) groups is 1. The van der Waals surface area contributed by atoms with Crippen molar-refractivity contribution in [3.8, 4) is 0 Å². The van der Waals surface area contributed by atoms with Crippen LogP contribution in [0.1, 0.15) is 26.7 Å². The topological polar surface area (TPSA) is 83.5 Å². The molecule has 4 nitrogen and oxygen atoms in total. The van der Waals surface area contributed by atoms with E-state index in [0.717, 1.165) is 0 Å². The fourth-order valence-electron chi connectivity index (χ4n) is 1.46. The molecule has 0 aliphatic rings. The van der Waals surface area contributed by atoms with E-state index in [9.17, 15) is 4.79 Å². The largest absolute Gasteiger partial charge is 0.481 e. The highest BCUT2D eigenvalue weighted by atomic mass is 16.4. The van der Waals surface area contributed by atoms with Crippen LogP contribution in [0.4, 0.5) is 0 Å². The number of aliphatic hydroxyl groups is 1. The molecule has 4 N–H and O–H groups in total. The average Bonchev–Trinajstić information content (AvgIpc) is 2.05. The molecule has 13 heavy (non-hydrogen) atoms. The number of rotatable bonds is 6. The lowest BCUT2D eigenvalue weighted by Gasteiger charge is -2.31. The maximum absolute atomic E-state index is 11.0. The summed E-state index contributed by atoms with van der Waals surface area (Å²) in [6.45, 7) is 3.83. The molecular formula is C9H19NO3. The van der Waals surface area contributed by atoms with Crippen LogP contribution in [-0.4, -0.2) is 29.3 Å². The predicted octanol–water partition coefficient (Wildman–Crippen LogP) is 0.445. The number of hydrogen-bond acceptors (Lipinski definition) is 3. The standard InChI is InChI=1S/C9H19NO3/c1-7(2)9(6-10,8(12)13)4-3-5-11/h7,11H,3-6,10H2,1-2H3,(H,12,13). The molecule has 0 aliphatic carbocycles. The van der Waals surface area contributed by atoms with Gasteiger partial charge in [-0.05, 0) is 18.8 Å². The second-order valence-corrected chi connectivity index (χ2v) is 3.65. The van der Waals surface area contributed by atoms with Gasteiger partial charge in [0, 0.05) is 13.2 Å². The Hall–Kier alpha value is -0.610. The van der Waals surface area contributed by atoms with Gasteiger partial charge < -0.3 is 15.9 Å². The van der Waals surface area contributed by atoms with Crippen LogP contribution in [0.5, 0.6) is 0 Å². The molecule has 1 atom stereocenters. The normalized spacial score (nSPS) is 15.8. The molecule has 0 bridgehead atoms. The highest BCUT2D eigenvalue weighted by Gasteiger charge is 2.39. The third kappa shape index (κ3) is 2.67. The van der Waals surface area contributed by atoms with Gasteiger partial charge in [-0.25, -0.2) is 0 Å². The molecule has 0 amide bonds. The first-order chi connectivity index (χ1) is 6.01. The van der Waals surface area contributed by atoms with E-state index in [0.29, 0.717) is 12.8 Å². The highest BCUT2D eigenvalue weighted by molar-refractivity contribution is 5.75. The summed E-state index contributed by atoms with van der Waals surface area (Å²) in [4.78, 5) is 11.0. The van der Waals surface area contributed by atoms with E-state index in [-0.39, 0.29) is 19.1 Å². The molecule has 0 aromatic carbocycles. The van der Waals surface area contributed by atoms with Crippen molar-refractivity contribution in [2.24, 2.45) is 17.1 Å². The van der Waals surface area contributed by atoms with Gasteiger partial charge in [0.2, 0.25) is 0 Å². The van der Waals surface area contributed by atoms with E-state index in [1.807, 2.05) is 13.8 Å². The van der Waals surface area contributed by atoms with Crippen LogP contribution in [-0.2, 0) is 4.79 Å². The number of aliphatic hydroxyl groups excluding tert-OH is 1. The molecule has 0 fully saturated rings. The minimum Gasteiger partial charge on any atom is -0.481 e. The van der Waals surface area contributed by atoms with E-state index in [2.05, 4.69) is 0 Å². The lowest BCUT2D eigenvalue weighted by atomic mass is 9.74. The fourth-order valence-corrected chi connectivity index (χ4v) is 1.46. The predicted molar refractivity (Wildman–Crippen MR) is 50.3 cm³/mol. The average molecular weight is 189 g/mol. The first kappa shape index (κ1) is 12.4. The second kappa shape index (κ2) is 5.19. The zero-order valence-electron chi connectivity index (χ0n) is 8.29. The summed E-state index contributed by atoms with van der Waals surface area (Å²) < 4.78 is 0. The summed E-state index contributed by atoms with van der Waals surface area (Å²) in [7, 11) is 0. The molecule has 78 valence electrons. The molecule has 0 aliphatic heterocycles. The van der Waals surface area contributed by atoms with Gasteiger partial charge in [-0.2, -0.15) is 0 Å². The van der Waals surface area contributed by atoms with Crippen molar-refractivity contribution in [1.82, 2.24) is 0 Å². The molecule has 0 rings (SSSR count). The zero-order chi connectivity index (χ0) is 10.5. The molecule has 0 saturated carbocycles. The van der Waals surface area contributed by atoms with Gasteiger partial charge in [0.25, 0.3) is 0 Å².